The summed E-state index contributed by atoms with van der Waals surface area (Å²) in [5.74, 6) is -1.66. The number of piperidine rings is 1. The van der Waals surface area contributed by atoms with E-state index in [4.69, 9.17) is 14.2 Å². The van der Waals surface area contributed by atoms with Gasteiger partial charge >= 0.3 is 5.69 Å². The molecule has 0 saturated carbocycles. The molecule has 126 valence electrons. The van der Waals surface area contributed by atoms with Gasteiger partial charge in [-0.25, -0.2) is 4.39 Å². The van der Waals surface area contributed by atoms with E-state index in [1.54, 1.807) is 0 Å². The van der Waals surface area contributed by atoms with Gasteiger partial charge in [0.2, 0.25) is 5.75 Å². The molecule has 7 nitrogen and oxygen atoms in total. The van der Waals surface area contributed by atoms with Crippen molar-refractivity contribution in [1.29, 1.82) is 0 Å². The van der Waals surface area contributed by atoms with Crippen molar-refractivity contribution < 1.29 is 23.5 Å². The van der Waals surface area contributed by atoms with Crippen molar-refractivity contribution in [2.45, 2.75) is 18.6 Å². The summed E-state index contributed by atoms with van der Waals surface area (Å²) in [5.41, 5.74) is -0.142. The van der Waals surface area contributed by atoms with Gasteiger partial charge in [0.15, 0.2) is 11.6 Å². The molecule has 0 unspecified atom stereocenters. The number of rotatable bonds is 3. The Labute approximate surface area is 140 Å². The summed E-state index contributed by atoms with van der Waals surface area (Å²) < 4.78 is 31.3. The van der Waals surface area contributed by atoms with Gasteiger partial charge in [-0.2, -0.15) is 0 Å². The summed E-state index contributed by atoms with van der Waals surface area (Å²) in [4.78, 5) is 12.2. The van der Waals surface area contributed by atoms with Crippen LogP contribution in [0, 0.1) is 15.9 Å². The van der Waals surface area contributed by atoms with Gasteiger partial charge in [-0.05, 0) is 15.9 Å². The fourth-order valence-corrected chi connectivity index (χ4v) is 3.70. The van der Waals surface area contributed by atoms with Gasteiger partial charge in [-0.1, -0.05) is 0 Å². The van der Waals surface area contributed by atoms with Gasteiger partial charge < -0.3 is 19.1 Å². The molecule has 0 amide bonds. The zero-order chi connectivity index (χ0) is 16.6. The smallest absolute Gasteiger partial charge is 0.315 e. The van der Waals surface area contributed by atoms with Gasteiger partial charge in [0, 0.05) is 32.0 Å². The zero-order valence-corrected chi connectivity index (χ0v) is 14.1. The molecule has 9 heteroatoms. The standard InChI is InChI=1S/C14H16BrFN2O5/c1-21-13-10(18(19)20)8-9(15)12(11(13)16)17-4-2-14(3-5-17)22-6-7-23-14/h8H,2-7H2,1H3. The second-order valence-corrected chi connectivity index (χ2v) is 6.28. The Morgan fingerprint density at radius 1 is 1.39 bits per heavy atom. The molecular formula is C14H16BrFN2O5. The van der Waals surface area contributed by atoms with Crippen LogP contribution in [0.2, 0.25) is 0 Å². The maximum atomic E-state index is 14.7. The van der Waals surface area contributed by atoms with Crippen molar-refractivity contribution in [3.8, 4) is 5.75 Å². The van der Waals surface area contributed by atoms with E-state index in [1.165, 1.54) is 13.2 Å². The number of hydrogen-bond acceptors (Lipinski definition) is 6. The normalized spacial score (nSPS) is 20.0. The molecule has 23 heavy (non-hydrogen) atoms. The van der Waals surface area contributed by atoms with E-state index in [0.29, 0.717) is 43.6 Å². The quantitative estimate of drug-likeness (QED) is 0.583. The SMILES string of the molecule is COc1c([N+](=O)[O-])cc(Br)c(N2CCC3(CC2)OCCO3)c1F. The molecule has 2 saturated heterocycles. The van der Waals surface area contributed by atoms with E-state index < -0.39 is 22.2 Å². The molecule has 1 aromatic rings. The Bertz CT molecular complexity index is 626. The largest absolute Gasteiger partial charge is 0.488 e. The number of nitro groups is 1. The van der Waals surface area contributed by atoms with Crippen LogP contribution in [0.3, 0.4) is 0 Å². The summed E-state index contributed by atoms with van der Waals surface area (Å²) in [5, 5.41) is 11.0. The van der Waals surface area contributed by atoms with Crippen molar-refractivity contribution in [3.63, 3.8) is 0 Å². The minimum absolute atomic E-state index is 0.264. The first-order valence-electron chi connectivity index (χ1n) is 7.21. The molecule has 2 fully saturated rings. The maximum absolute atomic E-state index is 14.7. The predicted octanol–water partition coefficient (Wildman–Crippen LogP) is 2.85. The van der Waals surface area contributed by atoms with Gasteiger partial charge in [-0.15, -0.1) is 0 Å². The number of nitrogens with zero attached hydrogens (tertiary/aromatic N) is 2. The predicted molar refractivity (Wildman–Crippen MR) is 83.4 cm³/mol. The minimum Gasteiger partial charge on any atom is -0.488 e. The first-order chi connectivity index (χ1) is 11.0. The fraction of sp³-hybridized carbons (Fsp3) is 0.571. The summed E-state index contributed by atoms with van der Waals surface area (Å²) in [6, 6.07) is 1.27. The summed E-state index contributed by atoms with van der Waals surface area (Å²) >= 11 is 3.24. The van der Waals surface area contributed by atoms with Gasteiger partial charge in [0.25, 0.3) is 0 Å². The lowest BCUT2D eigenvalue weighted by Gasteiger charge is -2.39. The minimum atomic E-state index is -0.738. The highest BCUT2D eigenvalue weighted by atomic mass is 79.9. The van der Waals surface area contributed by atoms with Crippen molar-refractivity contribution in [2.75, 3.05) is 38.3 Å². The third-order valence-electron chi connectivity index (χ3n) is 4.19. The van der Waals surface area contributed by atoms with Crippen LogP contribution in [0.25, 0.3) is 0 Å². The molecule has 0 radical (unpaired) electrons. The molecule has 0 N–H and O–H groups in total. The first kappa shape index (κ1) is 16.4. The number of methoxy groups -OCH3 is 1. The average molecular weight is 391 g/mol. The van der Waals surface area contributed by atoms with Crippen LogP contribution in [0.15, 0.2) is 10.5 Å². The van der Waals surface area contributed by atoms with Crippen LogP contribution in [0.1, 0.15) is 12.8 Å². The monoisotopic (exact) mass is 390 g/mol. The summed E-state index contributed by atoms with van der Waals surface area (Å²) in [6.45, 7) is 2.19. The van der Waals surface area contributed by atoms with Crippen molar-refractivity contribution in [2.24, 2.45) is 0 Å². The highest BCUT2D eigenvalue weighted by molar-refractivity contribution is 9.10. The first-order valence-corrected chi connectivity index (χ1v) is 8.00. The molecule has 2 heterocycles. The number of benzene rings is 1. The summed E-state index contributed by atoms with van der Waals surface area (Å²) in [6.07, 6.45) is 1.22. The Morgan fingerprint density at radius 2 is 2.00 bits per heavy atom. The lowest BCUT2D eigenvalue weighted by Crippen LogP contribution is -2.45. The second kappa shape index (κ2) is 6.21. The summed E-state index contributed by atoms with van der Waals surface area (Å²) in [7, 11) is 1.22. The average Bonchev–Trinajstić information content (AvgIpc) is 2.97. The molecule has 1 spiro atoms. The molecule has 3 rings (SSSR count). The number of ether oxygens (including phenoxy) is 3. The number of nitro benzene ring substituents is 1. The van der Waals surface area contributed by atoms with Crippen LogP contribution in [0.5, 0.6) is 5.75 Å². The Balaban J connectivity index is 1.90. The van der Waals surface area contributed by atoms with Crippen molar-refractivity contribution in [1.82, 2.24) is 0 Å². The second-order valence-electron chi connectivity index (χ2n) is 5.43. The van der Waals surface area contributed by atoms with Gasteiger partial charge in [0.05, 0.1) is 35.4 Å². The van der Waals surface area contributed by atoms with E-state index in [1.807, 2.05) is 4.90 Å². The van der Waals surface area contributed by atoms with Gasteiger partial charge in [0.1, 0.15) is 0 Å². The van der Waals surface area contributed by atoms with Crippen molar-refractivity contribution >= 4 is 27.3 Å². The Hall–Kier alpha value is -1.45. The lowest BCUT2D eigenvalue weighted by atomic mass is 10.0. The molecule has 2 aliphatic rings. The van der Waals surface area contributed by atoms with Crippen LogP contribution in [-0.4, -0.2) is 44.1 Å². The van der Waals surface area contributed by atoms with E-state index in [-0.39, 0.29) is 11.4 Å². The molecule has 1 aromatic carbocycles. The molecule has 0 atom stereocenters. The van der Waals surface area contributed by atoms with E-state index >= 15 is 0 Å². The topological polar surface area (TPSA) is 74.1 Å². The van der Waals surface area contributed by atoms with Crippen LogP contribution in [0.4, 0.5) is 15.8 Å². The van der Waals surface area contributed by atoms with Crippen molar-refractivity contribution in [3.05, 3.63) is 26.5 Å². The van der Waals surface area contributed by atoms with E-state index in [2.05, 4.69) is 15.9 Å². The van der Waals surface area contributed by atoms with Crippen LogP contribution < -0.4 is 9.64 Å². The fourth-order valence-electron chi connectivity index (χ4n) is 3.06. The molecular weight excluding hydrogens is 375 g/mol. The maximum Gasteiger partial charge on any atom is 0.315 e. The zero-order valence-electron chi connectivity index (χ0n) is 12.5. The Kier molecular flexibility index (Phi) is 4.43. The number of hydrogen-bond donors (Lipinski definition) is 0. The number of anilines is 1. The lowest BCUT2D eigenvalue weighted by molar-refractivity contribution is -0.386. The highest BCUT2D eigenvalue weighted by Crippen LogP contribution is 2.43. The van der Waals surface area contributed by atoms with E-state index in [0.717, 1.165) is 0 Å². The van der Waals surface area contributed by atoms with E-state index in [9.17, 15) is 14.5 Å². The third-order valence-corrected chi connectivity index (χ3v) is 4.79. The molecule has 2 aliphatic heterocycles. The van der Waals surface area contributed by atoms with Crippen LogP contribution in [-0.2, 0) is 9.47 Å². The Morgan fingerprint density at radius 3 is 2.52 bits per heavy atom. The van der Waals surface area contributed by atoms with Gasteiger partial charge in [-0.3, -0.25) is 10.1 Å². The molecule has 0 aromatic heterocycles. The molecule has 0 aliphatic carbocycles. The third kappa shape index (κ3) is 2.88. The molecule has 0 bridgehead atoms. The highest BCUT2D eigenvalue weighted by Gasteiger charge is 2.41. The number of halogens is 2. The van der Waals surface area contributed by atoms with Crippen LogP contribution >= 0.6 is 15.9 Å².